The Labute approximate surface area is 138 Å². The minimum atomic E-state index is 0.399. The van der Waals surface area contributed by atoms with Crippen molar-refractivity contribution in [2.75, 3.05) is 0 Å². The predicted molar refractivity (Wildman–Crippen MR) is 95.4 cm³/mol. The van der Waals surface area contributed by atoms with Crippen molar-refractivity contribution >= 4 is 0 Å². The molecule has 0 aliphatic heterocycles. The molecular formula is C22H21N. The van der Waals surface area contributed by atoms with Crippen LogP contribution < -0.4 is 0 Å². The SMILES string of the molecule is C[C@H]1Cc2cc(-c3ccccc3)nc(c2)C(c2ccccc2)C1. The lowest BCUT2D eigenvalue weighted by Crippen LogP contribution is -2.06. The van der Waals surface area contributed by atoms with Crippen LogP contribution in [0, 0.1) is 5.92 Å². The van der Waals surface area contributed by atoms with Crippen molar-refractivity contribution in [1.82, 2.24) is 4.98 Å². The summed E-state index contributed by atoms with van der Waals surface area (Å²) in [6.07, 6.45) is 2.30. The van der Waals surface area contributed by atoms with Gasteiger partial charge in [0.1, 0.15) is 0 Å². The van der Waals surface area contributed by atoms with Gasteiger partial charge in [-0.15, -0.1) is 0 Å². The molecule has 0 radical (unpaired) electrons. The number of hydrogen-bond acceptors (Lipinski definition) is 1. The molecule has 0 amide bonds. The lowest BCUT2D eigenvalue weighted by Gasteiger charge is -2.18. The van der Waals surface area contributed by atoms with E-state index in [0.717, 1.165) is 12.1 Å². The van der Waals surface area contributed by atoms with E-state index in [2.05, 4.69) is 79.7 Å². The molecular weight excluding hydrogens is 278 g/mol. The van der Waals surface area contributed by atoms with E-state index < -0.39 is 0 Å². The third kappa shape index (κ3) is 2.92. The first-order valence-electron chi connectivity index (χ1n) is 8.41. The summed E-state index contributed by atoms with van der Waals surface area (Å²) in [6, 6.07) is 25.9. The van der Waals surface area contributed by atoms with Gasteiger partial charge in [0.25, 0.3) is 0 Å². The average molecular weight is 299 g/mol. The summed E-state index contributed by atoms with van der Waals surface area (Å²) in [6.45, 7) is 2.36. The van der Waals surface area contributed by atoms with E-state index in [0.29, 0.717) is 11.8 Å². The maximum Gasteiger partial charge on any atom is 0.0708 e. The molecule has 1 heteroatoms. The number of rotatable bonds is 2. The predicted octanol–water partition coefficient (Wildman–Crippen LogP) is 5.46. The molecule has 1 heterocycles. The fourth-order valence-electron chi connectivity index (χ4n) is 3.67. The second-order valence-electron chi connectivity index (χ2n) is 6.66. The molecule has 4 rings (SSSR count). The van der Waals surface area contributed by atoms with Crippen LogP contribution in [0.25, 0.3) is 11.3 Å². The fourth-order valence-corrected chi connectivity index (χ4v) is 3.67. The van der Waals surface area contributed by atoms with E-state index in [1.165, 1.54) is 28.8 Å². The van der Waals surface area contributed by atoms with E-state index in [-0.39, 0.29) is 0 Å². The minimum Gasteiger partial charge on any atom is -0.252 e. The Kier molecular flexibility index (Phi) is 3.70. The van der Waals surface area contributed by atoms with Crippen LogP contribution in [-0.4, -0.2) is 4.98 Å². The normalized spacial score (nSPS) is 20.0. The standard InChI is InChI=1S/C22H21N/c1-16-12-17-14-21(19-10-6-3-7-11-19)23-22(15-17)20(13-16)18-8-4-2-5-9-18/h2-11,14-16,20H,12-13H2,1H3/t16-,20?/m0/s1. The number of benzene rings is 2. The van der Waals surface area contributed by atoms with Crippen molar-refractivity contribution in [2.24, 2.45) is 5.92 Å². The lowest BCUT2D eigenvalue weighted by atomic mass is 9.88. The smallest absolute Gasteiger partial charge is 0.0708 e. The molecule has 1 aromatic heterocycles. The molecule has 0 spiro atoms. The Morgan fingerprint density at radius 2 is 1.57 bits per heavy atom. The van der Waals surface area contributed by atoms with Gasteiger partial charge in [0.2, 0.25) is 0 Å². The molecule has 0 saturated heterocycles. The zero-order valence-electron chi connectivity index (χ0n) is 13.4. The number of nitrogens with zero attached hydrogens (tertiary/aromatic N) is 1. The number of hydrogen-bond donors (Lipinski definition) is 0. The maximum absolute atomic E-state index is 5.03. The Balaban J connectivity index is 1.83. The van der Waals surface area contributed by atoms with Gasteiger partial charge in [-0.25, -0.2) is 0 Å². The topological polar surface area (TPSA) is 12.9 Å². The quantitative estimate of drug-likeness (QED) is 0.612. The molecule has 1 aliphatic rings. The molecule has 1 aliphatic carbocycles. The fraction of sp³-hybridized carbons (Fsp3) is 0.227. The molecule has 0 saturated carbocycles. The highest BCUT2D eigenvalue weighted by atomic mass is 14.7. The van der Waals surface area contributed by atoms with Gasteiger partial charge in [0, 0.05) is 17.2 Å². The summed E-state index contributed by atoms with van der Waals surface area (Å²) in [5, 5.41) is 0. The van der Waals surface area contributed by atoms with E-state index in [4.69, 9.17) is 4.98 Å². The van der Waals surface area contributed by atoms with Gasteiger partial charge >= 0.3 is 0 Å². The van der Waals surface area contributed by atoms with Gasteiger partial charge in [-0.05, 0) is 42.0 Å². The first kappa shape index (κ1) is 14.2. The first-order chi connectivity index (χ1) is 11.3. The van der Waals surface area contributed by atoms with E-state index in [9.17, 15) is 0 Å². The lowest BCUT2D eigenvalue weighted by molar-refractivity contribution is 0.504. The van der Waals surface area contributed by atoms with Crippen LogP contribution in [-0.2, 0) is 6.42 Å². The monoisotopic (exact) mass is 299 g/mol. The number of pyridine rings is 1. The van der Waals surface area contributed by atoms with Crippen molar-refractivity contribution in [2.45, 2.75) is 25.7 Å². The molecule has 23 heavy (non-hydrogen) atoms. The molecule has 2 aromatic carbocycles. The van der Waals surface area contributed by atoms with Gasteiger partial charge in [0.15, 0.2) is 0 Å². The molecule has 2 bridgehead atoms. The summed E-state index contributed by atoms with van der Waals surface area (Å²) in [4.78, 5) is 5.03. The van der Waals surface area contributed by atoms with E-state index in [1.807, 2.05) is 0 Å². The Morgan fingerprint density at radius 1 is 0.870 bits per heavy atom. The molecule has 1 nitrogen and oxygen atoms in total. The first-order valence-corrected chi connectivity index (χ1v) is 8.41. The largest absolute Gasteiger partial charge is 0.252 e. The zero-order valence-corrected chi connectivity index (χ0v) is 13.4. The Bertz CT molecular complexity index is 793. The molecule has 2 atom stereocenters. The number of aromatic nitrogens is 1. The molecule has 0 N–H and O–H groups in total. The Hall–Kier alpha value is -2.41. The summed E-state index contributed by atoms with van der Waals surface area (Å²) in [7, 11) is 0. The van der Waals surface area contributed by atoms with Crippen LogP contribution in [0.15, 0.2) is 72.8 Å². The van der Waals surface area contributed by atoms with E-state index in [1.54, 1.807) is 0 Å². The third-order valence-corrected chi connectivity index (χ3v) is 4.76. The van der Waals surface area contributed by atoms with Crippen molar-refractivity contribution in [1.29, 1.82) is 0 Å². The summed E-state index contributed by atoms with van der Waals surface area (Å²) in [5.41, 5.74) is 6.33. The van der Waals surface area contributed by atoms with Gasteiger partial charge in [-0.1, -0.05) is 67.6 Å². The minimum absolute atomic E-state index is 0.399. The van der Waals surface area contributed by atoms with Crippen LogP contribution in [0.5, 0.6) is 0 Å². The van der Waals surface area contributed by atoms with Gasteiger partial charge in [-0.3, -0.25) is 4.98 Å². The highest BCUT2D eigenvalue weighted by molar-refractivity contribution is 5.60. The van der Waals surface area contributed by atoms with Crippen LogP contribution in [0.1, 0.15) is 36.1 Å². The average Bonchev–Trinajstić information content (AvgIpc) is 2.71. The maximum atomic E-state index is 5.03. The van der Waals surface area contributed by atoms with Gasteiger partial charge < -0.3 is 0 Å². The van der Waals surface area contributed by atoms with Gasteiger partial charge in [-0.2, -0.15) is 0 Å². The van der Waals surface area contributed by atoms with Crippen molar-refractivity contribution < 1.29 is 0 Å². The van der Waals surface area contributed by atoms with E-state index >= 15 is 0 Å². The zero-order chi connectivity index (χ0) is 15.6. The van der Waals surface area contributed by atoms with Crippen LogP contribution in [0.3, 0.4) is 0 Å². The summed E-state index contributed by atoms with van der Waals surface area (Å²) in [5.74, 6) is 1.07. The van der Waals surface area contributed by atoms with Crippen LogP contribution >= 0.6 is 0 Å². The highest BCUT2D eigenvalue weighted by Gasteiger charge is 2.24. The summed E-state index contributed by atoms with van der Waals surface area (Å²) >= 11 is 0. The van der Waals surface area contributed by atoms with Crippen molar-refractivity contribution in [3.8, 4) is 11.3 Å². The molecule has 1 unspecified atom stereocenters. The Morgan fingerprint density at radius 3 is 2.30 bits per heavy atom. The second-order valence-corrected chi connectivity index (χ2v) is 6.66. The van der Waals surface area contributed by atoms with Crippen molar-refractivity contribution in [3.05, 3.63) is 89.6 Å². The molecule has 114 valence electrons. The summed E-state index contributed by atoms with van der Waals surface area (Å²) < 4.78 is 0. The van der Waals surface area contributed by atoms with Crippen molar-refractivity contribution in [3.63, 3.8) is 0 Å². The second kappa shape index (κ2) is 6.00. The molecule has 3 aromatic rings. The van der Waals surface area contributed by atoms with Crippen LogP contribution in [0.4, 0.5) is 0 Å². The van der Waals surface area contributed by atoms with Gasteiger partial charge in [0.05, 0.1) is 5.69 Å². The van der Waals surface area contributed by atoms with Crippen LogP contribution in [0.2, 0.25) is 0 Å². The third-order valence-electron chi connectivity index (χ3n) is 4.76. The highest BCUT2D eigenvalue weighted by Crippen LogP contribution is 2.36. The molecule has 0 fully saturated rings. The number of fused-ring (bicyclic) bond motifs is 2.